The summed E-state index contributed by atoms with van der Waals surface area (Å²) in [4.78, 5) is 28.6. The summed E-state index contributed by atoms with van der Waals surface area (Å²) < 4.78 is 13.0. The third kappa shape index (κ3) is 7.65. The summed E-state index contributed by atoms with van der Waals surface area (Å²) in [6.07, 6.45) is 0.784. The first-order chi connectivity index (χ1) is 13.8. The molecule has 0 saturated carbocycles. The van der Waals surface area contributed by atoms with Gasteiger partial charge in [0.1, 0.15) is 5.82 Å². The van der Waals surface area contributed by atoms with Crippen LogP contribution < -0.4 is 5.32 Å². The molecule has 2 aromatic carbocycles. The minimum Gasteiger partial charge on any atom is -0.343 e. The molecule has 0 saturated heterocycles. The highest BCUT2D eigenvalue weighted by Gasteiger charge is 2.16. The van der Waals surface area contributed by atoms with Crippen LogP contribution in [0.1, 0.15) is 22.3 Å². The molecule has 0 aromatic heterocycles. The van der Waals surface area contributed by atoms with Crippen LogP contribution in [0.25, 0.3) is 0 Å². The Labute approximate surface area is 180 Å². The number of amides is 2. The van der Waals surface area contributed by atoms with Crippen molar-refractivity contribution >= 4 is 35.0 Å². The Balaban J connectivity index is 2.01. The third-order valence-corrected chi connectivity index (χ3v) is 4.99. The Hall–Kier alpha value is -2.15. The van der Waals surface area contributed by atoms with Crippen molar-refractivity contribution in [1.29, 1.82) is 0 Å². The van der Waals surface area contributed by atoms with Crippen LogP contribution in [0.5, 0.6) is 0 Å². The second-order valence-corrected chi connectivity index (χ2v) is 7.72. The van der Waals surface area contributed by atoms with Crippen molar-refractivity contribution in [3.63, 3.8) is 0 Å². The van der Waals surface area contributed by atoms with Gasteiger partial charge in [0.15, 0.2) is 0 Å². The van der Waals surface area contributed by atoms with Gasteiger partial charge in [-0.25, -0.2) is 4.39 Å². The van der Waals surface area contributed by atoms with Crippen LogP contribution in [-0.4, -0.2) is 55.3 Å². The van der Waals surface area contributed by atoms with E-state index in [0.717, 1.165) is 18.5 Å². The predicted molar refractivity (Wildman–Crippen MR) is 114 cm³/mol. The molecule has 2 amide bonds. The van der Waals surface area contributed by atoms with Crippen molar-refractivity contribution < 1.29 is 14.0 Å². The predicted octanol–water partition coefficient (Wildman–Crippen LogP) is 3.84. The van der Waals surface area contributed by atoms with Crippen molar-refractivity contribution in [3.05, 3.63) is 69.5 Å². The van der Waals surface area contributed by atoms with Crippen LogP contribution in [0.4, 0.5) is 4.39 Å². The molecule has 2 rings (SSSR count). The lowest BCUT2D eigenvalue weighted by molar-refractivity contribution is -0.130. The first-order valence-electron chi connectivity index (χ1n) is 9.16. The zero-order chi connectivity index (χ0) is 21.4. The SMILES string of the molecule is CN(C)CCCN(Cc1ccc(Cl)c(Cl)c1)C(=O)CNC(=O)c1ccc(F)cc1. The Morgan fingerprint density at radius 3 is 2.31 bits per heavy atom. The lowest BCUT2D eigenvalue weighted by Crippen LogP contribution is -2.40. The van der Waals surface area contributed by atoms with E-state index in [2.05, 4.69) is 5.32 Å². The molecule has 0 aliphatic carbocycles. The number of hydrogen-bond donors (Lipinski definition) is 1. The van der Waals surface area contributed by atoms with E-state index in [1.54, 1.807) is 17.0 Å². The van der Waals surface area contributed by atoms with Crippen LogP contribution >= 0.6 is 23.2 Å². The molecule has 29 heavy (non-hydrogen) atoms. The van der Waals surface area contributed by atoms with Crippen LogP contribution in [0, 0.1) is 5.82 Å². The smallest absolute Gasteiger partial charge is 0.251 e. The van der Waals surface area contributed by atoms with Crippen LogP contribution in [-0.2, 0) is 11.3 Å². The molecule has 2 aromatic rings. The van der Waals surface area contributed by atoms with Gasteiger partial charge in [-0.3, -0.25) is 9.59 Å². The fraction of sp³-hybridized carbons (Fsp3) is 0.333. The average molecular weight is 440 g/mol. The maximum absolute atomic E-state index is 13.0. The van der Waals surface area contributed by atoms with Gasteiger partial charge >= 0.3 is 0 Å². The van der Waals surface area contributed by atoms with Crippen molar-refractivity contribution in [3.8, 4) is 0 Å². The van der Waals surface area contributed by atoms with Gasteiger partial charge in [-0.15, -0.1) is 0 Å². The van der Waals surface area contributed by atoms with Crippen LogP contribution in [0.2, 0.25) is 10.0 Å². The molecular formula is C21H24Cl2FN3O2. The number of benzene rings is 2. The van der Waals surface area contributed by atoms with E-state index in [4.69, 9.17) is 23.2 Å². The molecule has 0 aliphatic rings. The maximum atomic E-state index is 13.0. The number of halogens is 3. The summed E-state index contributed by atoms with van der Waals surface area (Å²) in [5, 5.41) is 3.47. The monoisotopic (exact) mass is 439 g/mol. The lowest BCUT2D eigenvalue weighted by Gasteiger charge is -2.24. The molecular weight excluding hydrogens is 416 g/mol. The van der Waals surface area contributed by atoms with E-state index in [-0.39, 0.29) is 12.5 Å². The summed E-state index contributed by atoms with van der Waals surface area (Å²) in [6.45, 7) is 1.56. The van der Waals surface area contributed by atoms with Gasteiger partial charge in [-0.1, -0.05) is 29.3 Å². The number of hydrogen-bond acceptors (Lipinski definition) is 3. The lowest BCUT2D eigenvalue weighted by atomic mass is 10.2. The van der Waals surface area contributed by atoms with Crippen LogP contribution in [0.3, 0.4) is 0 Å². The molecule has 0 radical (unpaired) electrons. The van der Waals surface area contributed by atoms with Gasteiger partial charge in [0.2, 0.25) is 5.91 Å². The molecule has 0 fully saturated rings. The van der Waals surface area contributed by atoms with Gasteiger partial charge in [0.05, 0.1) is 16.6 Å². The van der Waals surface area contributed by atoms with E-state index in [0.29, 0.717) is 28.7 Å². The van der Waals surface area contributed by atoms with E-state index in [9.17, 15) is 14.0 Å². The molecule has 0 aliphatic heterocycles. The van der Waals surface area contributed by atoms with Gasteiger partial charge in [0, 0.05) is 18.7 Å². The van der Waals surface area contributed by atoms with Crippen LogP contribution in [0.15, 0.2) is 42.5 Å². The normalized spacial score (nSPS) is 10.8. The zero-order valence-corrected chi connectivity index (χ0v) is 17.9. The topological polar surface area (TPSA) is 52.6 Å². The van der Waals surface area contributed by atoms with E-state index >= 15 is 0 Å². The molecule has 8 heteroatoms. The maximum Gasteiger partial charge on any atom is 0.251 e. The second-order valence-electron chi connectivity index (χ2n) is 6.91. The fourth-order valence-electron chi connectivity index (χ4n) is 2.70. The average Bonchev–Trinajstić information content (AvgIpc) is 2.68. The number of carbonyl (C=O) groups is 2. The van der Waals surface area contributed by atoms with Crippen molar-refractivity contribution in [2.75, 3.05) is 33.7 Å². The number of nitrogens with zero attached hydrogens (tertiary/aromatic N) is 2. The molecule has 5 nitrogen and oxygen atoms in total. The van der Waals surface area contributed by atoms with Gasteiger partial charge < -0.3 is 15.1 Å². The molecule has 0 unspecified atom stereocenters. The summed E-state index contributed by atoms with van der Waals surface area (Å²) in [7, 11) is 3.93. The summed E-state index contributed by atoms with van der Waals surface area (Å²) in [5.74, 6) is -1.07. The third-order valence-electron chi connectivity index (χ3n) is 4.25. The molecule has 1 N–H and O–H groups in total. The highest BCUT2D eigenvalue weighted by atomic mass is 35.5. The molecule has 0 heterocycles. The molecule has 0 atom stereocenters. The van der Waals surface area contributed by atoms with Crippen molar-refractivity contribution in [2.45, 2.75) is 13.0 Å². The highest BCUT2D eigenvalue weighted by molar-refractivity contribution is 6.42. The summed E-state index contributed by atoms with van der Waals surface area (Å²) >= 11 is 12.0. The first kappa shape index (κ1) is 23.1. The minimum absolute atomic E-state index is 0.153. The number of carbonyl (C=O) groups excluding carboxylic acids is 2. The fourth-order valence-corrected chi connectivity index (χ4v) is 3.02. The second kappa shape index (κ2) is 11.1. The Morgan fingerprint density at radius 1 is 1.00 bits per heavy atom. The largest absolute Gasteiger partial charge is 0.343 e. The zero-order valence-electron chi connectivity index (χ0n) is 16.4. The van der Waals surface area contributed by atoms with E-state index in [1.807, 2.05) is 25.1 Å². The van der Waals surface area contributed by atoms with E-state index < -0.39 is 11.7 Å². The summed E-state index contributed by atoms with van der Waals surface area (Å²) in [5.41, 5.74) is 1.14. The number of nitrogens with one attached hydrogen (secondary N) is 1. The summed E-state index contributed by atoms with van der Waals surface area (Å²) in [6, 6.07) is 10.4. The quantitative estimate of drug-likeness (QED) is 0.645. The van der Waals surface area contributed by atoms with E-state index in [1.165, 1.54) is 24.3 Å². The highest BCUT2D eigenvalue weighted by Crippen LogP contribution is 2.23. The Morgan fingerprint density at radius 2 is 1.69 bits per heavy atom. The first-order valence-corrected chi connectivity index (χ1v) is 9.92. The molecule has 0 spiro atoms. The molecule has 0 bridgehead atoms. The van der Waals surface area contributed by atoms with Gasteiger partial charge in [-0.2, -0.15) is 0 Å². The van der Waals surface area contributed by atoms with Crippen molar-refractivity contribution in [2.24, 2.45) is 0 Å². The number of rotatable bonds is 9. The van der Waals surface area contributed by atoms with Gasteiger partial charge in [-0.05, 0) is 69.0 Å². The Kier molecular flexibility index (Phi) is 8.89. The van der Waals surface area contributed by atoms with Gasteiger partial charge in [0.25, 0.3) is 5.91 Å². The van der Waals surface area contributed by atoms with Crippen molar-refractivity contribution in [1.82, 2.24) is 15.1 Å². The standard InChI is InChI=1S/C21H24Cl2FN3O2/c1-26(2)10-3-11-27(14-15-4-9-18(22)19(23)12-15)20(28)13-25-21(29)16-5-7-17(24)8-6-16/h4-9,12H,3,10-11,13-14H2,1-2H3,(H,25,29). The molecule has 156 valence electrons. The minimum atomic E-state index is -0.430. The Bertz CT molecular complexity index is 844.